The van der Waals surface area contributed by atoms with Crippen molar-refractivity contribution < 1.29 is 14.7 Å². The van der Waals surface area contributed by atoms with E-state index in [0.717, 1.165) is 0 Å². The molecule has 0 radical (unpaired) electrons. The van der Waals surface area contributed by atoms with Gasteiger partial charge in [-0.25, -0.2) is 4.79 Å². The van der Waals surface area contributed by atoms with E-state index < -0.39 is 5.97 Å². The number of rotatable bonds is 1. The Balaban J connectivity index is 3.01. The maximum atomic E-state index is 10.9. The molecule has 0 saturated heterocycles. The van der Waals surface area contributed by atoms with Crippen LogP contribution < -0.4 is 5.32 Å². The fourth-order valence-electron chi connectivity index (χ4n) is 1.45. The van der Waals surface area contributed by atoms with E-state index in [0.29, 0.717) is 11.3 Å². The van der Waals surface area contributed by atoms with Gasteiger partial charge < -0.3 is 10.4 Å². The van der Waals surface area contributed by atoms with E-state index in [1.165, 1.54) is 0 Å². The van der Waals surface area contributed by atoms with Crippen LogP contribution >= 0.6 is 0 Å². The molecule has 12 heavy (non-hydrogen) atoms. The average molecular weight is 169 g/mol. The van der Waals surface area contributed by atoms with E-state index >= 15 is 0 Å². The van der Waals surface area contributed by atoms with Gasteiger partial charge in [0.2, 0.25) is 5.91 Å². The van der Waals surface area contributed by atoms with Crippen molar-refractivity contribution in [3.05, 3.63) is 11.3 Å². The molecule has 1 aliphatic rings. The predicted octanol–water partition coefficient (Wildman–Crippen LogP) is 0.501. The highest BCUT2D eigenvalue weighted by atomic mass is 16.4. The minimum Gasteiger partial charge on any atom is -0.478 e. The molecule has 0 aromatic carbocycles. The van der Waals surface area contributed by atoms with Gasteiger partial charge in [-0.2, -0.15) is 0 Å². The Morgan fingerprint density at radius 2 is 2.25 bits per heavy atom. The Bertz CT molecular complexity index is 267. The molecule has 4 heteroatoms. The normalized spacial score (nSPS) is 23.8. The van der Waals surface area contributed by atoms with Gasteiger partial charge in [-0.05, 0) is 12.8 Å². The van der Waals surface area contributed by atoms with Gasteiger partial charge >= 0.3 is 5.97 Å². The highest BCUT2D eigenvalue weighted by molar-refractivity contribution is 5.92. The van der Waals surface area contributed by atoms with Crippen LogP contribution in [0.1, 0.15) is 20.3 Å². The third-order valence-corrected chi connectivity index (χ3v) is 1.95. The Kier molecular flexibility index (Phi) is 2.17. The van der Waals surface area contributed by atoms with Crippen LogP contribution in [0, 0.1) is 5.92 Å². The minimum absolute atomic E-state index is 0.106. The number of hydrogen-bond acceptors (Lipinski definition) is 2. The van der Waals surface area contributed by atoms with Crippen molar-refractivity contribution in [2.45, 2.75) is 20.3 Å². The van der Waals surface area contributed by atoms with Crippen molar-refractivity contribution in [3.8, 4) is 0 Å². The molecule has 2 N–H and O–H groups in total. The van der Waals surface area contributed by atoms with E-state index in [-0.39, 0.29) is 18.2 Å². The molecular formula is C8H11NO3. The van der Waals surface area contributed by atoms with Gasteiger partial charge in [-0.1, -0.05) is 6.92 Å². The molecule has 1 atom stereocenters. The van der Waals surface area contributed by atoms with Crippen LogP contribution in [0.2, 0.25) is 0 Å². The molecule has 1 aliphatic heterocycles. The van der Waals surface area contributed by atoms with Crippen LogP contribution in [0.4, 0.5) is 0 Å². The van der Waals surface area contributed by atoms with E-state index in [1.54, 1.807) is 13.8 Å². The number of allylic oxidation sites excluding steroid dienone is 1. The van der Waals surface area contributed by atoms with Crippen molar-refractivity contribution in [1.29, 1.82) is 0 Å². The van der Waals surface area contributed by atoms with Crippen LogP contribution in [0.3, 0.4) is 0 Å². The van der Waals surface area contributed by atoms with Gasteiger partial charge in [0.1, 0.15) is 0 Å². The van der Waals surface area contributed by atoms with E-state index in [4.69, 9.17) is 5.11 Å². The van der Waals surface area contributed by atoms with Crippen LogP contribution in [-0.2, 0) is 9.59 Å². The number of carbonyl (C=O) groups excluding carboxylic acids is 1. The van der Waals surface area contributed by atoms with E-state index in [9.17, 15) is 9.59 Å². The van der Waals surface area contributed by atoms with Gasteiger partial charge in [0.05, 0.1) is 5.57 Å². The lowest BCUT2D eigenvalue weighted by Crippen LogP contribution is -2.33. The monoisotopic (exact) mass is 169 g/mol. The van der Waals surface area contributed by atoms with Crippen molar-refractivity contribution >= 4 is 11.9 Å². The Labute approximate surface area is 70.3 Å². The van der Waals surface area contributed by atoms with Crippen molar-refractivity contribution in [2.24, 2.45) is 5.92 Å². The molecule has 0 saturated carbocycles. The maximum absolute atomic E-state index is 10.9. The van der Waals surface area contributed by atoms with E-state index in [2.05, 4.69) is 5.32 Å². The Hall–Kier alpha value is -1.32. The second-order valence-corrected chi connectivity index (χ2v) is 3.00. The fourth-order valence-corrected chi connectivity index (χ4v) is 1.45. The highest BCUT2D eigenvalue weighted by Gasteiger charge is 2.26. The lowest BCUT2D eigenvalue weighted by molar-refractivity contribution is -0.133. The highest BCUT2D eigenvalue weighted by Crippen LogP contribution is 2.21. The zero-order valence-electron chi connectivity index (χ0n) is 7.05. The second-order valence-electron chi connectivity index (χ2n) is 3.00. The summed E-state index contributed by atoms with van der Waals surface area (Å²) in [6, 6.07) is 0. The Morgan fingerprint density at radius 3 is 2.67 bits per heavy atom. The van der Waals surface area contributed by atoms with Crippen LogP contribution in [0.5, 0.6) is 0 Å². The minimum atomic E-state index is -0.944. The molecule has 4 nitrogen and oxygen atoms in total. The van der Waals surface area contributed by atoms with E-state index in [1.807, 2.05) is 0 Å². The SMILES string of the molecule is CC1=C(C(=O)O)C(C)CC(=O)N1. The molecule has 1 rings (SSSR count). The Morgan fingerprint density at radius 1 is 1.67 bits per heavy atom. The molecule has 66 valence electrons. The van der Waals surface area contributed by atoms with Crippen molar-refractivity contribution in [3.63, 3.8) is 0 Å². The first kappa shape index (κ1) is 8.77. The number of hydrogen-bond donors (Lipinski definition) is 2. The molecule has 1 amide bonds. The summed E-state index contributed by atoms with van der Waals surface area (Å²) in [5, 5.41) is 11.3. The molecule has 0 spiro atoms. The summed E-state index contributed by atoms with van der Waals surface area (Å²) < 4.78 is 0. The summed E-state index contributed by atoms with van der Waals surface area (Å²) in [5.41, 5.74) is 0.779. The van der Waals surface area contributed by atoms with Crippen LogP contribution in [0.15, 0.2) is 11.3 Å². The molecule has 1 heterocycles. The molecule has 1 unspecified atom stereocenters. The molecule has 0 aromatic heterocycles. The van der Waals surface area contributed by atoms with Gasteiger partial charge in [0.15, 0.2) is 0 Å². The summed E-state index contributed by atoms with van der Waals surface area (Å²) in [4.78, 5) is 21.6. The molecule has 0 aromatic rings. The van der Waals surface area contributed by atoms with Gasteiger partial charge in [0, 0.05) is 12.1 Å². The predicted molar refractivity (Wildman–Crippen MR) is 42.3 cm³/mol. The summed E-state index contributed by atoms with van der Waals surface area (Å²) in [6.07, 6.45) is 0.263. The second kappa shape index (κ2) is 2.97. The lowest BCUT2D eigenvalue weighted by Gasteiger charge is -2.21. The summed E-state index contributed by atoms with van der Waals surface area (Å²) in [7, 11) is 0. The lowest BCUT2D eigenvalue weighted by atomic mass is 9.92. The first-order valence-electron chi connectivity index (χ1n) is 3.76. The number of nitrogens with one attached hydrogen (secondary N) is 1. The summed E-state index contributed by atoms with van der Waals surface area (Å²) in [5.74, 6) is -1.23. The first-order valence-corrected chi connectivity index (χ1v) is 3.76. The summed E-state index contributed by atoms with van der Waals surface area (Å²) >= 11 is 0. The largest absolute Gasteiger partial charge is 0.478 e. The zero-order valence-corrected chi connectivity index (χ0v) is 7.05. The molecular weight excluding hydrogens is 158 g/mol. The number of carbonyl (C=O) groups is 2. The van der Waals surface area contributed by atoms with Gasteiger partial charge in [0.25, 0.3) is 0 Å². The molecule has 0 bridgehead atoms. The standard InChI is InChI=1S/C8H11NO3/c1-4-3-6(10)9-5(2)7(4)8(11)12/h4H,3H2,1-2H3,(H,9,10)(H,11,12). The quantitative estimate of drug-likeness (QED) is 0.600. The van der Waals surface area contributed by atoms with Gasteiger partial charge in [-0.15, -0.1) is 0 Å². The average Bonchev–Trinajstić information content (AvgIpc) is 1.82. The topological polar surface area (TPSA) is 66.4 Å². The first-order chi connectivity index (χ1) is 5.52. The number of aliphatic carboxylic acids is 1. The third-order valence-electron chi connectivity index (χ3n) is 1.95. The smallest absolute Gasteiger partial charge is 0.333 e. The maximum Gasteiger partial charge on any atom is 0.333 e. The molecule has 0 fully saturated rings. The van der Waals surface area contributed by atoms with Crippen molar-refractivity contribution in [1.82, 2.24) is 5.32 Å². The zero-order chi connectivity index (χ0) is 9.30. The van der Waals surface area contributed by atoms with Crippen LogP contribution in [-0.4, -0.2) is 17.0 Å². The van der Waals surface area contributed by atoms with Crippen LogP contribution in [0.25, 0.3) is 0 Å². The molecule has 0 aliphatic carbocycles. The number of carboxylic acid groups (broad SMARTS) is 1. The number of carboxylic acids is 1. The summed E-state index contributed by atoms with van der Waals surface area (Å²) in [6.45, 7) is 3.35. The van der Waals surface area contributed by atoms with Crippen molar-refractivity contribution in [2.75, 3.05) is 0 Å². The van der Waals surface area contributed by atoms with Gasteiger partial charge in [-0.3, -0.25) is 4.79 Å². The fraction of sp³-hybridized carbons (Fsp3) is 0.500. The number of amides is 1. The third kappa shape index (κ3) is 1.47.